The Balaban J connectivity index is 7.27. The molecule has 0 saturated carbocycles. The number of alkyl halides is 15. The molecule has 0 radical (unpaired) electrons. The first-order valence-electron chi connectivity index (χ1n) is 4.99. The Hall–Kier alpha value is -1.58. The van der Waals surface area contributed by atoms with Crippen molar-refractivity contribution in [1.29, 1.82) is 0 Å². The van der Waals surface area contributed by atoms with Crippen LogP contribution in [0.15, 0.2) is 0 Å². The van der Waals surface area contributed by atoms with Gasteiger partial charge in [0, 0.05) is 0 Å². The van der Waals surface area contributed by atoms with Crippen molar-refractivity contribution < 1.29 is 75.8 Å². The van der Waals surface area contributed by atoms with E-state index in [1.807, 2.05) is 0 Å². The van der Waals surface area contributed by atoms with Crippen molar-refractivity contribution in [2.75, 3.05) is 0 Å². The van der Waals surface area contributed by atoms with E-state index in [1.54, 1.807) is 0 Å². The fraction of sp³-hybridized carbons (Fsp3) is 0.875. The summed E-state index contributed by atoms with van der Waals surface area (Å²) in [7, 11) is 0. The Bertz CT molecular complexity index is 485. The lowest BCUT2D eigenvalue weighted by Gasteiger charge is -2.46. The highest BCUT2D eigenvalue weighted by molar-refractivity contribution is 5.75. The van der Waals surface area contributed by atoms with Gasteiger partial charge in [0.05, 0.1) is 0 Å². The van der Waals surface area contributed by atoms with Crippen molar-refractivity contribution in [1.82, 2.24) is 0 Å². The molecule has 0 rings (SSSR count). The van der Waals surface area contributed by atoms with E-state index in [0.29, 0.717) is 0 Å². The van der Waals surface area contributed by atoms with Gasteiger partial charge >= 0.3 is 41.7 Å². The van der Waals surface area contributed by atoms with Gasteiger partial charge in [-0.2, -0.15) is 65.9 Å². The molecule has 0 aromatic heterocycles. The highest BCUT2D eigenvalue weighted by Crippen LogP contribution is 2.70. The summed E-state index contributed by atoms with van der Waals surface area (Å²) in [5.74, 6) is -29.3. The lowest BCUT2D eigenvalue weighted by Crippen LogP contribution is -2.77. The van der Waals surface area contributed by atoms with Crippen LogP contribution in [0.2, 0.25) is 0 Å². The molecule has 25 heavy (non-hydrogen) atoms. The van der Waals surface area contributed by atoms with Gasteiger partial charge in [-0.3, -0.25) is 0 Å². The van der Waals surface area contributed by atoms with Crippen molar-refractivity contribution in [2.24, 2.45) is 5.41 Å². The third-order valence-corrected chi connectivity index (χ3v) is 2.79. The lowest BCUT2D eigenvalue weighted by atomic mass is 9.74. The van der Waals surface area contributed by atoms with Gasteiger partial charge in [0.1, 0.15) is 5.97 Å². The van der Waals surface area contributed by atoms with E-state index in [2.05, 4.69) is 0 Å². The SMILES string of the molecule is O=C([O-])C(F)(F)C(F)(F)C(F)(F)C(C(F)(F)F)(C(F)(F)F)C(F)(F)F. The molecule has 0 aliphatic carbocycles. The molecule has 0 aliphatic heterocycles. The zero-order chi connectivity index (χ0) is 21.1. The van der Waals surface area contributed by atoms with Crippen molar-refractivity contribution in [3.8, 4) is 0 Å². The Morgan fingerprint density at radius 1 is 0.520 bits per heavy atom. The van der Waals surface area contributed by atoms with Gasteiger partial charge in [0.15, 0.2) is 0 Å². The summed E-state index contributed by atoms with van der Waals surface area (Å²) >= 11 is 0. The second kappa shape index (κ2) is 5.46. The van der Waals surface area contributed by atoms with Crippen LogP contribution in [0.4, 0.5) is 65.9 Å². The fourth-order valence-electron chi connectivity index (χ4n) is 1.58. The summed E-state index contributed by atoms with van der Waals surface area (Å²) in [5.41, 5.74) is -8.72. The molecule has 0 aromatic carbocycles. The first kappa shape index (κ1) is 23.4. The highest BCUT2D eigenvalue weighted by atomic mass is 19.4. The summed E-state index contributed by atoms with van der Waals surface area (Å²) in [6.45, 7) is 0. The molecule has 0 heterocycles. The van der Waals surface area contributed by atoms with Gasteiger partial charge in [-0.05, 0) is 0 Å². The third kappa shape index (κ3) is 2.74. The lowest BCUT2D eigenvalue weighted by molar-refractivity contribution is -0.507. The average molecular weight is 413 g/mol. The molecule has 0 bridgehead atoms. The van der Waals surface area contributed by atoms with E-state index in [4.69, 9.17) is 0 Å². The highest BCUT2D eigenvalue weighted by Gasteiger charge is 2.99. The monoisotopic (exact) mass is 413 g/mol. The van der Waals surface area contributed by atoms with Gasteiger partial charge in [0.25, 0.3) is 0 Å². The van der Waals surface area contributed by atoms with E-state index < -0.39 is 47.7 Å². The number of aliphatic carboxylic acids is 1. The Morgan fingerprint density at radius 2 is 0.760 bits per heavy atom. The second-order valence-electron chi connectivity index (χ2n) is 4.25. The molecular weight excluding hydrogens is 413 g/mol. The van der Waals surface area contributed by atoms with Gasteiger partial charge in [0.2, 0.25) is 0 Å². The molecule has 0 aliphatic rings. The second-order valence-corrected chi connectivity index (χ2v) is 4.25. The molecule has 150 valence electrons. The number of carboxylic acid groups (broad SMARTS) is 1. The Morgan fingerprint density at radius 3 is 0.920 bits per heavy atom. The zero-order valence-electron chi connectivity index (χ0n) is 10.5. The van der Waals surface area contributed by atoms with Gasteiger partial charge < -0.3 is 9.90 Å². The van der Waals surface area contributed by atoms with Crippen molar-refractivity contribution in [3.63, 3.8) is 0 Å². The van der Waals surface area contributed by atoms with Crippen LogP contribution in [0.1, 0.15) is 0 Å². The molecule has 0 atom stereocenters. The summed E-state index contributed by atoms with van der Waals surface area (Å²) in [5, 5.41) is 9.67. The van der Waals surface area contributed by atoms with Crippen LogP contribution >= 0.6 is 0 Å². The topological polar surface area (TPSA) is 40.1 Å². The predicted octanol–water partition coefficient (Wildman–Crippen LogP) is 3.32. The zero-order valence-corrected chi connectivity index (χ0v) is 10.5. The molecular formula is C8F15O2-. The smallest absolute Gasteiger partial charge is 0.418 e. The van der Waals surface area contributed by atoms with Crippen molar-refractivity contribution in [3.05, 3.63) is 0 Å². The van der Waals surface area contributed by atoms with E-state index in [0.717, 1.165) is 0 Å². The van der Waals surface area contributed by atoms with Gasteiger partial charge in [-0.25, -0.2) is 0 Å². The minimum Gasteiger partial charge on any atom is -0.544 e. The van der Waals surface area contributed by atoms with Crippen molar-refractivity contribution in [2.45, 2.75) is 36.3 Å². The quantitative estimate of drug-likeness (QED) is 0.664. The number of halogens is 15. The molecule has 17 heteroatoms. The first-order valence-corrected chi connectivity index (χ1v) is 4.99. The summed E-state index contributed by atoms with van der Waals surface area (Å²) < 4.78 is 188. The minimum atomic E-state index is -8.75. The van der Waals surface area contributed by atoms with Gasteiger partial charge in [-0.15, -0.1) is 0 Å². The maximum absolute atomic E-state index is 13.2. The number of hydrogen-bond acceptors (Lipinski definition) is 2. The Kier molecular flexibility index (Phi) is 5.11. The molecule has 0 aromatic rings. The Labute approximate surface area is 125 Å². The first-order chi connectivity index (χ1) is 10.4. The van der Waals surface area contributed by atoms with Crippen LogP contribution in [0.25, 0.3) is 0 Å². The maximum Gasteiger partial charge on any atom is 0.418 e. The van der Waals surface area contributed by atoms with E-state index in [1.165, 1.54) is 0 Å². The predicted molar refractivity (Wildman–Crippen MR) is 40.4 cm³/mol. The molecule has 0 amide bonds. The molecule has 0 fully saturated rings. The summed E-state index contributed by atoms with van der Waals surface area (Å²) in [6.07, 6.45) is -25.0. The number of carbonyl (C=O) groups excluding carboxylic acids is 1. The average Bonchev–Trinajstić information content (AvgIpc) is 2.20. The van der Waals surface area contributed by atoms with Crippen LogP contribution in [0, 0.1) is 5.41 Å². The molecule has 0 saturated heterocycles. The van der Waals surface area contributed by atoms with Crippen LogP contribution in [0.3, 0.4) is 0 Å². The van der Waals surface area contributed by atoms with Crippen molar-refractivity contribution >= 4 is 5.97 Å². The fourth-order valence-corrected chi connectivity index (χ4v) is 1.58. The molecule has 2 nitrogen and oxygen atoms in total. The summed E-state index contributed by atoms with van der Waals surface area (Å²) in [4.78, 5) is 9.67. The van der Waals surface area contributed by atoms with Crippen LogP contribution in [-0.4, -0.2) is 42.3 Å². The van der Waals surface area contributed by atoms with E-state index in [9.17, 15) is 75.8 Å². The number of carbonyl (C=O) groups is 1. The normalized spacial score (nSPS) is 16.1. The standard InChI is InChI=1S/C8HF15O2/c9-2(10,1(24)25)4(11,12)5(13,14)3(6(15,16)17,7(18,19)20)8(21,22)23/h(H,24,25)/p-1. The largest absolute Gasteiger partial charge is 0.544 e. The van der Waals surface area contributed by atoms with Crippen LogP contribution in [0.5, 0.6) is 0 Å². The summed E-state index contributed by atoms with van der Waals surface area (Å²) in [6, 6.07) is 0. The minimum absolute atomic E-state index is 4.64. The molecule has 0 spiro atoms. The number of carboxylic acids is 1. The maximum atomic E-state index is 13.2. The van der Waals surface area contributed by atoms with Gasteiger partial charge in [-0.1, -0.05) is 0 Å². The van der Waals surface area contributed by atoms with Crippen LogP contribution in [-0.2, 0) is 4.79 Å². The number of rotatable bonds is 4. The van der Waals surface area contributed by atoms with E-state index in [-0.39, 0.29) is 0 Å². The number of hydrogen-bond donors (Lipinski definition) is 0. The molecule has 0 N–H and O–H groups in total. The van der Waals surface area contributed by atoms with E-state index >= 15 is 0 Å². The van der Waals surface area contributed by atoms with Crippen LogP contribution < -0.4 is 5.11 Å². The molecule has 0 unspecified atom stereocenters. The third-order valence-electron chi connectivity index (χ3n) is 2.79.